The Morgan fingerprint density at radius 3 is 2.59 bits per heavy atom. The Kier molecular flexibility index (Phi) is 7.14. The fraction of sp³-hybridized carbons (Fsp3) is 0.522. The van der Waals surface area contributed by atoms with Gasteiger partial charge in [0.1, 0.15) is 12.4 Å². The molecule has 0 bridgehead atoms. The molecule has 2 heterocycles. The molecule has 2 aliphatic rings. The van der Waals surface area contributed by atoms with E-state index in [2.05, 4.69) is 25.5 Å². The van der Waals surface area contributed by atoms with E-state index in [0.29, 0.717) is 17.8 Å². The topological polar surface area (TPSA) is 113 Å². The summed E-state index contributed by atoms with van der Waals surface area (Å²) in [5, 5.41) is 17.0. The highest BCUT2D eigenvalue weighted by molar-refractivity contribution is 5.89. The van der Waals surface area contributed by atoms with Gasteiger partial charge in [0.15, 0.2) is 0 Å². The van der Waals surface area contributed by atoms with Crippen molar-refractivity contribution in [1.29, 1.82) is 0 Å². The number of urea groups is 1. The monoisotopic (exact) mass is 438 g/mol. The van der Waals surface area contributed by atoms with E-state index in [1.54, 1.807) is 0 Å². The number of benzene rings is 1. The lowest BCUT2D eigenvalue weighted by atomic mass is 9.77. The minimum Gasteiger partial charge on any atom is -0.341 e. The largest absolute Gasteiger partial charge is 0.341 e. The second-order valence-electron chi connectivity index (χ2n) is 8.80. The summed E-state index contributed by atoms with van der Waals surface area (Å²) in [4.78, 5) is 33.4. The van der Waals surface area contributed by atoms with Crippen molar-refractivity contribution in [1.82, 2.24) is 15.3 Å². The van der Waals surface area contributed by atoms with Crippen molar-refractivity contribution >= 4 is 23.4 Å². The van der Waals surface area contributed by atoms with E-state index in [0.717, 1.165) is 57.3 Å². The normalized spacial score (nSPS) is 23.4. The number of aromatic nitrogens is 2. The number of para-hydroxylation sites is 1. The minimum absolute atomic E-state index is 0.0905. The van der Waals surface area contributed by atoms with Crippen LogP contribution in [0, 0.1) is 22.0 Å². The molecule has 1 saturated heterocycles. The van der Waals surface area contributed by atoms with Gasteiger partial charge in [0, 0.05) is 24.8 Å². The summed E-state index contributed by atoms with van der Waals surface area (Å²) >= 11 is 0. The van der Waals surface area contributed by atoms with Crippen molar-refractivity contribution in [2.75, 3.05) is 23.3 Å². The Morgan fingerprint density at radius 2 is 1.84 bits per heavy atom. The van der Waals surface area contributed by atoms with E-state index < -0.39 is 4.92 Å². The molecule has 2 aromatic rings. The van der Waals surface area contributed by atoms with Crippen LogP contribution in [0.1, 0.15) is 44.9 Å². The summed E-state index contributed by atoms with van der Waals surface area (Å²) in [6, 6.07) is 9.54. The third-order valence-corrected chi connectivity index (χ3v) is 6.53. The molecule has 1 aromatic carbocycles. The maximum absolute atomic E-state index is 12.5. The minimum atomic E-state index is -0.479. The van der Waals surface area contributed by atoms with Gasteiger partial charge >= 0.3 is 11.7 Å². The molecule has 2 amide bonds. The molecule has 9 nitrogen and oxygen atoms in total. The zero-order chi connectivity index (χ0) is 22.3. The second-order valence-corrected chi connectivity index (χ2v) is 8.80. The zero-order valence-electron chi connectivity index (χ0n) is 18.2. The first-order valence-corrected chi connectivity index (χ1v) is 11.4. The highest BCUT2D eigenvalue weighted by Crippen LogP contribution is 2.33. The number of nitrogens with zero attached hydrogens (tertiary/aromatic N) is 4. The fourth-order valence-electron chi connectivity index (χ4n) is 4.98. The van der Waals surface area contributed by atoms with Crippen LogP contribution in [0.3, 0.4) is 0 Å². The molecule has 9 heteroatoms. The third kappa shape index (κ3) is 5.72. The number of carbonyl (C=O) groups excluding carboxylic acids is 1. The van der Waals surface area contributed by atoms with Crippen LogP contribution >= 0.6 is 0 Å². The van der Waals surface area contributed by atoms with E-state index in [-0.39, 0.29) is 17.8 Å². The predicted molar refractivity (Wildman–Crippen MR) is 123 cm³/mol. The number of piperidine rings is 1. The Hall–Kier alpha value is -3.23. The molecule has 1 aromatic heterocycles. The van der Waals surface area contributed by atoms with Crippen molar-refractivity contribution in [3.05, 3.63) is 52.8 Å². The summed E-state index contributed by atoms with van der Waals surface area (Å²) in [6.45, 7) is 1.71. The highest BCUT2D eigenvalue weighted by atomic mass is 16.6. The Labute approximate surface area is 187 Å². The molecular weight excluding hydrogens is 408 g/mol. The molecule has 170 valence electrons. The van der Waals surface area contributed by atoms with Gasteiger partial charge in [0.05, 0.1) is 4.92 Å². The number of nitro groups is 1. The van der Waals surface area contributed by atoms with Crippen molar-refractivity contribution in [2.24, 2.45) is 11.8 Å². The van der Waals surface area contributed by atoms with E-state index in [1.807, 2.05) is 30.3 Å². The molecular formula is C23H30N6O3. The summed E-state index contributed by atoms with van der Waals surface area (Å²) < 4.78 is 0. The molecule has 1 aliphatic carbocycles. The summed E-state index contributed by atoms with van der Waals surface area (Å²) in [7, 11) is 0. The van der Waals surface area contributed by atoms with Crippen molar-refractivity contribution in [3.63, 3.8) is 0 Å². The SMILES string of the molecule is O=C(Nc1ccccc1)N[C@@H]1CCCC[C@H]1C[C@H]1CCCN(c2ncc([N+](=O)[O-])cn2)C1. The maximum Gasteiger partial charge on any atom is 0.319 e. The van der Waals surface area contributed by atoms with Gasteiger partial charge in [-0.15, -0.1) is 0 Å². The number of nitrogens with one attached hydrogen (secondary N) is 2. The van der Waals surface area contributed by atoms with Crippen molar-refractivity contribution in [3.8, 4) is 0 Å². The molecule has 4 rings (SSSR count). The Morgan fingerprint density at radius 1 is 1.09 bits per heavy atom. The van der Waals surface area contributed by atoms with Crippen LogP contribution in [0.25, 0.3) is 0 Å². The van der Waals surface area contributed by atoms with Gasteiger partial charge in [-0.1, -0.05) is 31.0 Å². The van der Waals surface area contributed by atoms with Crippen LogP contribution in [0.5, 0.6) is 0 Å². The van der Waals surface area contributed by atoms with Crippen LogP contribution in [0.4, 0.5) is 22.1 Å². The average molecular weight is 439 g/mol. The van der Waals surface area contributed by atoms with Crippen LogP contribution in [0.2, 0.25) is 0 Å². The lowest BCUT2D eigenvalue weighted by molar-refractivity contribution is -0.385. The highest BCUT2D eigenvalue weighted by Gasteiger charge is 2.31. The predicted octanol–water partition coefficient (Wildman–Crippen LogP) is 4.37. The summed E-state index contributed by atoms with van der Waals surface area (Å²) in [5.74, 6) is 1.50. The molecule has 32 heavy (non-hydrogen) atoms. The lowest BCUT2D eigenvalue weighted by Gasteiger charge is -2.38. The third-order valence-electron chi connectivity index (χ3n) is 6.53. The first-order chi connectivity index (χ1) is 15.6. The number of amides is 2. The van der Waals surface area contributed by atoms with E-state index in [4.69, 9.17) is 0 Å². The lowest BCUT2D eigenvalue weighted by Crippen LogP contribution is -2.46. The molecule has 1 saturated carbocycles. The molecule has 0 spiro atoms. The van der Waals surface area contributed by atoms with E-state index in [1.165, 1.54) is 18.8 Å². The van der Waals surface area contributed by atoms with Gasteiger partial charge in [0.25, 0.3) is 0 Å². The van der Waals surface area contributed by atoms with Crippen LogP contribution < -0.4 is 15.5 Å². The summed E-state index contributed by atoms with van der Waals surface area (Å²) in [5.41, 5.74) is 0.704. The van der Waals surface area contributed by atoms with Crippen molar-refractivity contribution in [2.45, 2.75) is 51.0 Å². The van der Waals surface area contributed by atoms with Crippen molar-refractivity contribution < 1.29 is 9.72 Å². The van der Waals surface area contributed by atoms with Crippen LogP contribution in [-0.4, -0.2) is 40.1 Å². The molecule has 1 aliphatic heterocycles. The van der Waals surface area contributed by atoms with Crippen LogP contribution in [-0.2, 0) is 0 Å². The second kappa shape index (κ2) is 10.4. The summed E-state index contributed by atoms with van der Waals surface area (Å²) in [6.07, 6.45) is 10.3. The maximum atomic E-state index is 12.5. The van der Waals surface area contributed by atoms with Gasteiger partial charge in [-0.2, -0.15) is 0 Å². The van der Waals surface area contributed by atoms with Gasteiger partial charge in [-0.05, 0) is 56.1 Å². The smallest absolute Gasteiger partial charge is 0.319 e. The zero-order valence-corrected chi connectivity index (χ0v) is 18.2. The molecule has 2 fully saturated rings. The van der Waals surface area contributed by atoms with E-state index >= 15 is 0 Å². The standard InChI is InChI=1S/C23H30N6O3/c30-23(26-19-9-2-1-3-10-19)27-21-11-5-4-8-18(21)13-17-7-6-12-28(16-17)22-24-14-20(15-25-22)29(31)32/h1-3,9-10,14-15,17-18,21H,4-8,11-13,16H2,(H2,26,27,30)/t17-,18+,21-/m1/s1. The average Bonchev–Trinajstić information content (AvgIpc) is 2.81. The number of rotatable bonds is 6. The number of carbonyl (C=O) groups is 1. The number of anilines is 2. The van der Waals surface area contributed by atoms with Gasteiger partial charge in [-0.25, -0.2) is 14.8 Å². The molecule has 2 N–H and O–H groups in total. The quantitative estimate of drug-likeness (QED) is 0.511. The first kappa shape index (κ1) is 22.0. The fourth-order valence-corrected chi connectivity index (χ4v) is 4.98. The molecule has 0 radical (unpaired) electrons. The Bertz CT molecular complexity index is 908. The van der Waals surface area contributed by atoms with Gasteiger partial charge < -0.3 is 15.5 Å². The van der Waals surface area contributed by atoms with Gasteiger partial charge in [-0.3, -0.25) is 10.1 Å². The van der Waals surface area contributed by atoms with E-state index in [9.17, 15) is 14.9 Å². The van der Waals surface area contributed by atoms with Gasteiger partial charge in [0.2, 0.25) is 5.95 Å². The molecule has 0 unspecified atom stereocenters. The Balaban J connectivity index is 1.33. The van der Waals surface area contributed by atoms with Crippen LogP contribution in [0.15, 0.2) is 42.7 Å². The number of hydrogen-bond acceptors (Lipinski definition) is 6. The first-order valence-electron chi connectivity index (χ1n) is 11.4. The number of hydrogen-bond donors (Lipinski definition) is 2. The molecule has 3 atom stereocenters.